The average molecular weight is 352 g/mol. The maximum absolute atomic E-state index is 12.2. The lowest BCUT2D eigenvalue weighted by molar-refractivity contribution is -0.386. The highest BCUT2D eigenvalue weighted by Crippen LogP contribution is 2.30. The van der Waals surface area contributed by atoms with Gasteiger partial charge in [0.25, 0.3) is 0 Å². The van der Waals surface area contributed by atoms with E-state index in [4.69, 9.17) is 9.47 Å². The highest BCUT2D eigenvalue weighted by atomic mass is 16.6. The number of amides is 1. The molecule has 1 aromatic carbocycles. The molecule has 0 bridgehead atoms. The van der Waals surface area contributed by atoms with Crippen LogP contribution in [0.3, 0.4) is 0 Å². The SMILES string of the molecule is CC(C)(C)OC(=O)N1CC(Oc2ccccc2[N+](=O)[O-])CC1C(=O)O. The van der Waals surface area contributed by atoms with Crippen molar-refractivity contribution < 1.29 is 29.1 Å². The molecule has 1 heterocycles. The van der Waals surface area contributed by atoms with E-state index in [1.165, 1.54) is 18.2 Å². The molecule has 0 aliphatic carbocycles. The third-order valence-corrected chi connectivity index (χ3v) is 3.53. The van der Waals surface area contributed by atoms with Crippen LogP contribution in [0.15, 0.2) is 24.3 Å². The Morgan fingerprint density at radius 2 is 1.96 bits per heavy atom. The molecule has 1 fully saturated rings. The number of nitrogens with zero attached hydrogens (tertiary/aromatic N) is 2. The van der Waals surface area contributed by atoms with E-state index < -0.39 is 34.7 Å². The molecule has 9 heteroatoms. The molecule has 0 spiro atoms. The maximum atomic E-state index is 12.2. The van der Waals surface area contributed by atoms with Crippen LogP contribution in [0, 0.1) is 10.1 Å². The molecule has 136 valence electrons. The van der Waals surface area contributed by atoms with Crippen LogP contribution in [0.2, 0.25) is 0 Å². The van der Waals surface area contributed by atoms with Gasteiger partial charge in [-0.05, 0) is 26.8 Å². The Balaban J connectivity index is 2.16. The Morgan fingerprint density at radius 3 is 2.52 bits per heavy atom. The molecule has 1 aromatic rings. The Labute approximate surface area is 144 Å². The van der Waals surface area contributed by atoms with Crippen LogP contribution in [0.1, 0.15) is 27.2 Å². The second-order valence-electron chi connectivity index (χ2n) is 6.69. The smallest absolute Gasteiger partial charge is 0.411 e. The number of nitro benzene ring substituents is 1. The van der Waals surface area contributed by atoms with Crippen molar-refractivity contribution in [2.45, 2.75) is 44.9 Å². The Morgan fingerprint density at radius 1 is 1.32 bits per heavy atom. The molecule has 1 amide bonds. The van der Waals surface area contributed by atoms with Crippen molar-refractivity contribution in [1.29, 1.82) is 0 Å². The van der Waals surface area contributed by atoms with Gasteiger partial charge in [0.1, 0.15) is 17.7 Å². The summed E-state index contributed by atoms with van der Waals surface area (Å²) in [6, 6.07) is 4.71. The van der Waals surface area contributed by atoms with Gasteiger partial charge in [-0.25, -0.2) is 9.59 Å². The third kappa shape index (κ3) is 4.59. The number of carbonyl (C=O) groups excluding carboxylic acids is 1. The van der Waals surface area contributed by atoms with Gasteiger partial charge in [-0.15, -0.1) is 0 Å². The summed E-state index contributed by atoms with van der Waals surface area (Å²) in [6.07, 6.45) is -1.43. The van der Waals surface area contributed by atoms with Gasteiger partial charge in [0, 0.05) is 12.5 Å². The lowest BCUT2D eigenvalue weighted by Gasteiger charge is -2.26. The van der Waals surface area contributed by atoms with Gasteiger partial charge in [-0.2, -0.15) is 0 Å². The van der Waals surface area contributed by atoms with E-state index in [9.17, 15) is 24.8 Å². The van der Waals surface area contributed by atoms with Gasteiger partial charge >= 0.3 is 17.7 Å². The van der Waals surface area contributed by atoms with E-state index >= 15 is 0 Å². The number of benzene rings is 1. The molecule has 1 aliphatic rings. The minimum absolute atomic E-state index is 0.0145. The third-order valence-electron chi connectivity index (χ3n) is 3.53. The van der Waals surface area contributed by atoms with Crippen molar-refractivity contribution >= 4 is 17.7 Å². The van der Waals surface area contributed by atoms with Crippen molar-refractivity contribution in [3.05, 3.63) is 34.4 Å². The Kier molecular flexibility index (Phi) is 5.15. The van der Waals surface area contributed by atoms with Crippen molar-refractivity contribution in [3.8, 4) is 5.75 Å². The predicted octanol–water partition coefficient (Wildman–Crippen LogP) is 2.44. The number of hydrogen-bond donors (Lipinski definition) is 1. The average Bonchev–Trinajstić information content (AvgIpc) is 2.90. The number of carboxylic acids is 1. The second-order valence-corrected chi connectivity index (χ2v) is 6.69. The molecule has 1 saturated heterocycles. The number of hydrogen-bond acceptors (Lipinski definition) is 6. The van der Waals surface area contributed by atoms with Gasteiger partial charge in [0.15, 0.2) is 5.75 Å². The van der Waals surface area contributed by atoms with Gasteiger partial charge in [0.05, 0.1) is 11.5 Å². The topological polar surface area (TPSA) is 119 Å². The molecule has 25 heavy (non-hydrogen) atoms. The Hall–Kier alpha value is -2.84. The largest absolute Gasteiger partial charge is 0.482 e. The zero-order valence-electron chi connectivity index (χ0n) is 14.2. The number of carbonyl (C=O) groups is 2. The van der Waals surface area contributed by atoms with Crippen LogP contribution in [0.25, 0.3) is 0 Å². The fourth-order valence-electron chi connectivity index (χ4n) is 2.53. The number of carboxylic acid groups (broad SMARTS) is 1. The van der Waals surface area contributed by atoms with Crippen molar-refractivity contribution in [2.75, 3.05) is 6.54 Å². The summed E-state index contributed by atoms with van der Waals surface area (Å²) < 4.78 is 10.8. The second kappa shape index (κ2) is 6.96. The van der Waals surface area contributed by atoms with Crippen LogP contribution < -0.4 is 4.74 Å². The molecule has 0 radical (unpaired) electrons. The number of rotatable bonds is 4. The molecule has 2 rings (SSSR count). The number of para-hydroxylation sites is 2. The van der Waals surface area contributed by atoms with Gasteiger partial charge in [0.2, 0.25) is 0 Å². The summed E-state index contributed by atoms with van der Waals surface area (Å²) in [5.41, 5.74) is -0.984. The van der Waals surface area contributed by atoms with Crippen LogP contribution in [-0.2, 0) is 9.53 Å². The number of nitro groups is 1. The van der Waals surface area contributed by atoms with Gasteiger partial charge in [-0.1, -0.05) is 12.1 Å². The lowest BCUT2D eigenvalue weighted by Crippen LogP contribution is -2.43. The zero-order chi connectivity index (χ0) is 18.8. The number of aliphatic carboxylic acids is 1. The number of likely N-dealkylation sites (tertiary alicyclic amines) is 1. The van der Waals surface area contributed by atoms with Crippen molar-refractivity contribution in [1.82, 2.24) is 4.90 Å². The fourth-order valence-corrected chi connectivity index (χ4v) is 2.53. The molecular weight excluding hydrogens is 332 g/mol. The van der Waals surface area contributed by atoms with Crippen LogP contribution in [-0.4, -0.2) is 51.3 Å². The van der Waals surface area contributed by atoms with Crippen molar-refractivity contribution in [2.24, 2.45) is 0 Å². The van der Waals surface area contributed by atoms with E-state index in [2.05, 4.69) is 0 Å². The Bertz CT molecular complexity index is 683. The van der Waals surface area contributed by atoms with E-state index in [1.54, 1.807) is 26.8 Å². The monoisotopic (exact) mass is 352 g/mol. The van der Waals surface area contributed by atoms with E-state index in [0.717, 1.165) is 4.90 Å². The molecule has 1 aliphatic heterocycles. The summed E-state index contributed by atoms with van der Waals surface area (Å²) in [4.78, 5) is 35.2. The minimum atomic E-state index is -1.18. The summed E-state index contributed by atoms with van der Waals surface area (Å²) in [5, 5.41) is 20.4. The normalized spacial score (nSPS) is 20.2. The molecule has 2 atom stereocenters. The van der Waals surface area contributed by atoms with E-state index in [1.807, 2.05) is 0 Å². The van der Waals surface area contributed by atoms with Crippen LogP contribution in [0.5, 0.6) is 5.75 Å². The minimum Gasteiger partial charge on any atom is -0.482 e. The highest BCUT2D eigenvalue weighted by Gasteiger charge is 2.43. The quantitative estimate of drug-likeness (QED) is 0.653. The summed E-state index contributed by atoms with van der Waals surface area (Å²) in [5.74, 6) is -1.15. The lowest BCUT2D eigenvalue weighted by atomic mass is 10.2. The van der Waals surface area contributed by atoms with Gasteiger partial charge in [-0.3, -0.25) is 15.0 Å². The van der Waals surface area contributed by atoms with Crippen molar-refractivity contribution in [3.63, 3.8) is 0 Å². The first-order valence-corrected chi connectivity index (χ1v) is 7.71. The molecule has 2 unspecified atom stereocenters. The van der Waals surface area contributed by atoms with Gasteiger partial charge < -0.3 is 14.6 Å². The fraction of sp³-hybridized carbons (Fsp3) is 0.500. The molecular formula is C16H20N2O7. The molecule has 9 nitrogen and oxygen atoms in total. The van der Waals surface area contributed by atoms with E-state index in [-0.39, 0.29) is 24.4 Å². The predicted molar refractivity (Wildman–Crippen MR) is 86.5 cm³/mol. The standard InChI is InChI=1S/C16H20N2O7/c1-16(2,3)25-15(21)17-9-10(8-12(17)14(19)20)24-13-7-5-4-6-11(13)18(22)23/h4-7,10,12H,8-9H2,1-3H3,(H,19,20). The summed E-state index contributed by atoms with van der Waals surface area (Å²) in [7, 11) is 0. The summed E-state index contributed by atoms with van der Waals surface area (Å²) in [6.45, 7) is 5.01. The zero-order valence-corrected chi connectivity index (χ0v) is 14.2. The number of ether oxygens (including phenoxy) is 2. The highest BCUT2D eigenvalue weighted by molar-refractivity contribution is 5.81. The van der Waals surface area contributed by atoms with Crippen LogP contribution >= 0.6 is 0 Å². The van der Waals surface area contributed by atoms with E-state index in [0.29, 0.717) is 0 Å². The maximum Gasteiger partial charge on any atom is 0.411 e. The first kappa shape index (κ1) is 18.5. The van der Waals surface area contributed by atoms with Crippen LogP contribution in [0.4, 0.5) is 10.5 Å². The molecule has 1 N–H and O–H groups in total. The summed E-state index contributed by atoms with van der Waals surface area (Å²) >= 11 is 0. The molecule has 0 aromatic heterocycles. The first-order valence-electron chi connectivity index (χ1n) is 7.71. The first-order chi connectivity index (χ1) is 11.6. The molecule has 0 saturated carbocycles.